The first-order valence-electron chi connectivity index (χ1n) is 5.14. The number of nitrogen functional groups attached to an aromatic ring is 1. The van der Waals surface area contributed by atoms with Crippen molar-refractivity contribution in [2.45, 2.75) is 19.5 Å². The van der Waals surface area contributed by atoms with Crippen molar-refractivity contribution in [1.29, 1.82) is 0 Å². The standard InChI is InChI=1S/C10H19N5O/c1-8(7-16-3)15(2)6-9-4-13-10(14-11)5-12-9/h4-5,8H,6-7,11H2,1-3H3,(H,13,14). The quantitative estimate of drug-likeness (QED) is 0.533. The maximum atomic E-state index is 5.21. The van der Waals surface area contributed by atoms with Crippen LogP contribution in [0.25, 0.3) is 0 Å². The number of likely N-dealkylation sites (N-methyl/N-ethyl adjacent to an activating group) is 1. The van der Waals surface area contributed by atoms with E-state index in [0.29, 0.717) is 18.5 Å². The van der Waals surface area contributed by atoms with Gasteiger partial charge in [0.05, 0.1) is 24.7 Å². The number of rotatable bonds is 6. The smallest absolute Gasteiger partial charge is 0.158 e. The molecule has 6 heteroatoms. The van der Waals surface area contributed by atoms with E-state index in [1.807, 2.05) is 7.05 Å². The molecule has 0 fully saturated rings. The van der Waals surface area contributed by atoms with Gasteiger partial charge in [0.15, 0.2) is 5.82 Å². The van der Waals surface area contributed by atoms with Gasteiger partial charge >= 0.3 is 0 Å². The molecule has 0 aliphatic carbocycles. The van der Waals surface area contributed by atoms with Crippen molar-refractivity contribution in [3.05, 3.63) is 18.1 Å². The van der Waals surface area contributed by atoms with Gasteiger partial charge in [0.2, 0.25) is 0 Å². The van der Waals surface area contributed by atoms with Gasteiger partial charge in [0.25, 0.3) is 0 Å². The molecule has 0 saturated carbocycles. The van der Waals surface area contributed by atoms with Crippen LogP contribution in [0, 0.1) is 0 Å². The van der Waals surface area contributed by atoms with Crippen molar-refractivity contribution in [2.24, 2.45) is 5.84 Å². The summed E-state index contributed by atoms with van der Waals surface area (Å²) in [7, 11) is 3.73. The molecule has 6 nitrogen and oxygen atoms in total. The van der Waals surface area contributed by atoms with E-state index in [-0.39, 0.29) is 0 Å². The molecule has 0 amide bonds. The van der Waals surface area contributed by atoms with E-state index in [1.165, 1.54) is 0 Å². The third-order valence-electron chi connectivity index (χ3n) is 2.42. The highest BCUT2D eigenvalue weighted by atomic mass is 16.5. The Balaban J connectivity index is 2.52. The third kappa shape index (κ3) is 3.73. The van der Waals surface area contributed by atoms with Crippen molar-refractivity contribution in [1.82, 2.24) is 14.9 Å². The number of nitrogens with two attached hydrogens (primary N) is 1. The molecule has 0 bridgehead atoms. The number of ether oxygens (including phenoxy) is 1. The van der Waals surface area contributed by atoms with Crippen LogP contribution in [0.2, 0.25) is 0 Å². The number of methoxy groups -OCH3 is 1. The Morgan fingerprint density at radius 3 is 2.75 bits per heavy atom. The molecule has 1 aromatic rings. The van der Waals surface area contributed by atoms with Gasteiger partial charge in [0.1, 0.15) is 0 Å². The molecule has 1 aromatic heterocycles. The Kier molecular flexibility index (Phi) is 5.10. The van der Waals surface area contributed by atoms with Crippen molar-refractivity contribution in [3.63, 3.8) is 0 Å². The van der Waals surface area contributed by atoms with E-state index in [1.54, 1.807) is 19.5 Å². The molecule has 0 aromatic carbocycles. The second-order valence-electron chi connectivity index (χ2n) is 3.76. The molecular weight excluding hydrogens is 206 g/mol. The first-order valence-corrected chi connectivity index (χ1v) is 5.14. The van der Waals surface area contributed by atoms with Crippen LogP contribution in [0.1, 0.15) is 12.6 Å². The molecule has 0 spiro atoms. The fourth-order valence-corrected chi connectivity index (χ4v) is 1.29. The summed E-state index contributed by atoms with van der Waals surface area (Å²) in [5.41, 5.74) is 3.35. The first-order chi connectivity index (χ1) is 7.67. The van der Waals surface area contributed by atoms with E-state index in [2.05, 4.69) is 27.2 Å². The first kappa shape index (κ1) is 12.8. The molecule has 1 heterocycles. The number of hydrogen-bond donors (Lipinski definition) is 2. The fourth-order valence-electron chi connectivity index (χ4n) is 1.29. The predicted octanol–water partition coefficient (Wildman–Crippen LogP) is 0.229. The minimum atomic E-state index is 0.346. The fraction of sp³-hybridized carbons (Fsp3) is 0.600. The van der Waals surface area contributed by atoms with Gasteiger partial charge in [-0.05, 0) is 14.0 Å². The van der Waals surface area contributed by atoms with Crippen molar-refractivity contribution in [3.8, 4) is 0 Å². The van der Waals surface area contributed by atoms with Crippen molar-refractivity contribution < 1.29 is 4.74 Å². The summed E-state index contributed by atoms with van der Waals surface area (Å²) in [6, 6.07) is 0.346. The number of hydrazine groups is 1. The highest BCUT2D eigenvalue weighted by Gasteiger charge is 2.09. The number of hydrogen-bond acceptors (Lipinski definition) is 6. The van der Waals surface area contributed by atoms with Crippen LogP contribution in [0.15, 0.2) is 12.4 Å². The van der Waals surface area contributed by atoms with E-state index in [9.17, 15) is 0 Å². The summed E-state index contributed by atoms with van der Waals surface area (Å²) in [5.74, 6) is 5.78. The average Bonchev–Trinajstić information content (AvgIpc) is 2.30. The van der Waals surface area contributed by atoms with E-state index < -0.39 is 0 Å². The lowest BCUT2D eigenvalue weighted by atomic mass is 10.3. The van der Waals surface area contributed by atoms with Crippen LogP contribution in [0.4, 0.5) is 5.82 Å². The largest absolute Gasteiger partial charge is 0.383 e. The third-order valence-corrected chi connectivity index (χ3v) is 2.42. The summed E-state index contributed by atoms with van der Waals surface area (Å²) < 4.78 is 5.09. The van der Waals surface area contributed by atoms with Crippen molar-refractivity contribution in [2.75, 3.05) is 26.2 Å². The maximum Gasteiger partial charge on any atom is 0.158 e. The minimum absolute atomic E-state index is 0.346. The van der Waals surface area contributed by atoms with E-state index >= 15 is 0 Å². The Morgan fingerprint density at radius 1 is 1.50 bits per heavy atom. The van der Waals surface area contributed by atoms with Crippen molar-refractivity contribution >= 4 is 5.82 Å². The summed E-state index contributed by atoms with van der Waals surface area (Å²) in [6.07, 6.45) is 3.33. The van der Waals surface area contributed by atoms with E-state index in [4.69, 9.17) is 10.6 Å². The summed E-state index contributed by atoms with van der Waals surface area (Å²) in [6.45, 7) is 3.54. The normalized spacial score (nSPS) is 12.8. The van der Waals surface area contributed by atoms with Gasteiger partial charge in [-0.25, -0.2) is 10.8 Å². The molecule has 1 unspecified atom stereocenters. The van der Waals surface area contributed by atoms with Gasteiger partial charge < -0.3 is 10.2 Å². The highest BCUT2D eigenvalue weighted by molar-refractivity contribution is 5.28. The number of nitrogens with zero attached hydrogens (tertiary/aromatic N) is 3. The Morgan fingerprint density at radius 2 is 2.25 bits per heavy atom. The number of aromatic nitrogens is 2. The van der Waals surface area contributed by atoms with Crippen LogP contribution < -0.4 is 11.3 Å². The molecule has 90 valence electrons. The van der Waals surface area contributed by atoms with Crippen LogP contribution in [0.5, 0.6) is 0 Å². The summed E-state index contributed by atoms with van der Waals surface area (Å²) >= 11 is 0. The number of nitrogens with one attached hydrogen (secondary N) is 1. The average molecular weight is 225 g/mol. The number of anilines is 1. The highest BCUT2D eigenvalue weighted by Crippen LogP contribution is 2.04. The summed E-state index contributed by atoms with van der Waals surface area (Å²) in [5, 5.41) is 0. The molecule has 0 saturated heterocycles. The molecule has 1 rings (SSSR count). The van der Waals surface area contributed by atoms with Gasteiger partial charge in [-0.1, -0.05) is 0 Å². The Labute approximate surface area is 95.8 Å². The molecule has 16 heavy (non-hydrogen) atoms. The Hall–Kier alpha value is -1.24. The zero-order chi connectivity index (χ0) is 12.0. The van der Waals surface area contributed by atoms with Gasteiger partial charge in [-0.3, -0.25) is 9.88 Å². The van der Waals surface area contributed by atoms with Crippen LogP contribution in [-0.2, 0) is 11.3 Å². The Bertz CT molecular complexity index is 303. The van der Waals surface area contributed by atoms with Crippen LogP contribution in [-0.4, -0.2) is 41.7 Å². The summed E-state index contributed by atoms with van der Waals surface area (Å²) in [4.78, 5) is 10.5. The monoisotopic (exact) mass is 225 g/mol. The van der Waals surface area contributed by atoms with Crippen LogP contribution in [0.3, 0.4) is 0 Å². The molecule has 1 atom stereocenters. The second-order valence-corrected chi connectivity index (χ2v) is 3.76. The lowest BCUT2D eigenvalue weighted by Crippen LogP contribution is -2.32. The second kappa shape index (κ2) is 6.37. The molecule has 3 N–H and O–H groups in total. The maximum absolute atomic E-state index is 5.21. The SMILES string of the molecule is COCC(C)N(C)Cc1cnc(NN)cn1. The molecular formula is C10H19N5O. The minimum Gasteiger partial charge on any atom is -0.383 e. The topological polar surface area (TPSA) is 76.3 Å². The predicted molar refractivity (Wildman–Crippen MR) is 62.6 cm³/mol. The lowest BCUT2D eigenvalue weighted by molar-refractivity contribution is 0.111. The molecule has 0 aliphatic rings. The zero-order valence-corrected chi connectivity index (χ0v) is 9.97. The van der Waals surface area contributed by atoms with Gasteiger partial charge in [0, 0.05) is 19.7 Å². The van der Waals surface area contributed by atoms with Gasteiger partial charge in [-0.15, -0.1) is 0 Å². The van der Waals surface area contributed by atoms with Crippen LogP contribution >= 0.6 is 0 Å². The molecule has 0 aliphatic heterocycles. The zero-order valence-electron chi connectivity index (χ0n) is 9.97. The van der Waals surface area contributed by atoms with Gasteiger partial charge in [-0.2, -0.15) is 0 Å². The molecule has 0 radical (unpaired) electrons. The lowest BCUT2D eigenvalue weighted by Gasteiger charge is -2.23. The van der Waals surface area contributed by atoms with E-state index in [0.717, 1.165) is 12.2 Å².